The summed E-state index contributed by atoms with van der Waals surface area (Å²) in [5.41, 5.74) is 2.80. The average molecular weight is 314 g/mol. The van der Waals surface area contributed by atoms with Crippen molar-refractivity contribution in [2.24, 2.45) is 0 Å². The summed E-state index contributed by atoms with van der Waals surface area (Å²) >= 11 is 6.05. The monoisotopic (exact) mass is 313 g/mol. The van der Waals surface area contributed by atoms with Gasteiger partial charge in [0, 0.05) is 18.0 Å². The Morgan fingerprint density at radius 3 is 2.73 bits per heavy atom. The van der Waals surface area contributed by atoms with E-state index in [0.29, 0.717) is 24.4 Å². The zero-order chi connectivity index (χ0) is 15.4. The third-order valence-corrected chi connectivity index (χ3v) is 3.80. The fraction of sp³-hybridized carbons (Fsp3) is 0.176. The predicted octanol–water partition coefficient (Wildman–Crippen LogP) is 3.12. The van der Waals surface area contributed by atoms with Crippen molar-refractivity contribution in [3.63, 3.8) is 0 Å². The molecule has 0 aliphatic carbocycles. The number of nitrogens with zero attached hydrogens (tertiary/aromatic N) is 1. The van der Waals surface area contributed by atoms with Gasteiger partial charge in [0.15, 0.2) is 0 Å². The average Bonchev–Trinajstić information content (AvgIpc) is 2.92. The van der Waals surface area contributed by atoms with E-state index in [-0.39, 0.29) is 5.91 Å². The second kappa shape index (κ2) is 6.62. The molecule has 0 saturated carbocycles. The van der Waals surface area contributed by atoms with Crippen molar-refractivity contribution in [3.05, 3.63) is 64.9 Å². The summed E-state index contributed by atoms with van der Waals surface area (Å²) in [6, 6.07) is 15.3. The first kappa shape index (κ1) is 14.6. The molecule has 3 aromatic rings. The van der Waals surface area contributed by atoms with Crippen LogP contribution in [0.25, 0.3) is 11.0 Å². The van der Waals surface area contributed by atoms with Crippen molar-refractivity contribution in [2.45, 2.75) is 12.8 Å². The second-order valence-corrected chi connectivity index (χ2v) is 5.48. The van der Waals surface area contributed by atoms with Crippen LogP contribution in [0.1, 0.15) is 11.4 Å². The van der Waals surface area contributed by atoms with Gasteiger partial charge in [-0.1, -0.05) is 41.9 Å². The number of rotatable bonds is 5. The van der Waals surface area contributed by atoms with Gasteiger partial charge in [-0.05, 0) is 23.8 Å². The molecule has 1 amide bonds. The Kier molecular flexibility index (Phi) is 4.39. The molecule has 22 heavy (non-hydrogen) atoms. The fourth-order valence-corrected chi connectivity index (χ4v) is 2.52. The van der Waals surface area contributed by atoms with Crippen LogP contribution in [0.15, 0.2) is 48.5 Å². The number of benzene rings is 2. The number of nitrogens with one attached hydrogen (secondary N) is 2. The third kappa shape index (κ3) is 3.46. The maximum atomic E-state index is 11.9. The second-order valence-electron chi connectivity index (χ2n) is 5.07. The number of H-pyrrole nitrogens is 1. The molecule has 0 aliphatic rings. The summed E-state index contributed by atoms with van der Waals surface area (Å²) in [6.07, 6.45) is 0.961. The van der Waals surface area contributed by atoms with Crippen LogP contribution in [0.2, 0.25) is 5.02 Å². The first-order valence-corrected chi connectivity index (χ1v) is 7.54. The normalized spacial score (nSPS) is 10.8. The summed E-state index contributed by atoms with van der Waals surface area (Å²) in [7, 11) is 0. The van der Waals surface area contributed by atoms with Gasteiger partial charge in [-0.3, -0.25) is 4.79 Å². The number of halogens is 1. The molecule has 1 heterocycles. The van der Waals surface area contributed by atoms with Gasteiger partial charge in [-0.15, -0.1) is 0 Å². The summed E-state index contributed by atoms with van der Waals surface area (Å²) in [5.74, 6) is 0.837. The predicted molar refractivity (Wildman–Crippen MR) is 88.0 cm³/mol. The van der Waals surface area contributed by atoms with E-state index in [4.69, 9.17) is 11.6 Å². The van der Waals surface area contributed by atoms with Gasteiger partial charge < -0.3 is 10.3 Å². The van der Waals surface area contributed by atoms with Crippen LogP contribution >= 0.6 is 11.6 Å². The van der Waals surface area contributed by atoms with Gasteiger partial charge in [-0.2, -0.15) is 0 Å². The van der Waals surface area contributed by atoms with E-state index in [1.54, 1.807) is 6.07 Å². The van der Waals surface area contributed by atoms with Gasteiger partial charge in [0.2, 0.25) is 5.91 Å². The van der Waals surface area contributed by atoms with Crippen molar-refractivity contribution >= 4 is 28.5 Å². The van der Waals surface area contributed by atoms with Gasteiger partial charge in [0.05, 0.1) is 17.5 Å². The molecule has 5 heteroatoms. The molecular formula is C17H16ClN3O. The molecule has 0 unspecified atom stereocenters. The number of para-hydroxylation sites is 2. The van der Waals surface area contributed by atoms with Gasteiger partial charge in [0.1, 0.15) is 5.82 Å². The number of imidazole rings is 1. The topological polar surface area (TPSA) is 57.8 Å². The maximum absolute atomic E-state index is 11.9. The molecule has 2 aromatic carbocycles. The van der Waals surface area contributed by atoms with Crippen molar-refractivity contribution in [2.75, 3.05) is 6.54 Å². The first-order valence-electron chi connectivity index (χ1n) is 7.16. The van der Waals surface area contributed by atoms with Crippen LogP contribution < -0.4 is 5.32 Å². The summed E-state index contributed by atoms with van der Waals surface area (Å²) in [4.78, 5) is 19.7. The number of carbonyl (C=O) groups excluding carboxylic acids is 1. The number of hydrogen-bond acceptors (Lipinski definition) is 2. The molecule has 112 valence electrons. The first-order chi connectivity index (χ1) is 10.7. The Morgan fingerprint density at radius 1 is 1.14 bits per heavy atom. The van der Waals surface area contributed by atoms with Crippen molar-refractivity contribution in [1.82, 2.24) is 15.3 Å². The van der Waals surface area contributed by atoms with Crippen LogP contribution in [-0.2, 0) is 17.6 Å². The smallest absolute Gasteiger partial charge is 0.224 e. The Balaban J connectivity index is 1.52. The molecule has 4 nitrogen and oxygen atoms in total. The minimum absolute atomic E-state index is 0.0378. The minimum atomic E-state index is -0.0378. The standard InChI is InChI=1S/C17H16ClN3O/c18-13-6-2-1-5-12(13)11-17(22)19-10-9-16-20-14-7-3-4-8-15(14)21-16/h1-8H,9-11H2,(H,19,22)(H,20,21). The van der Waals surface area contributed by atoms with E-state index in [1.165, 1.54) is 0 Å². The minimum Gasteiger partial charge on any atom is -0.355 e. The SMILES string of the molecule is O=C(Cc1ccccc1Cl)NCCc1nc2ccccc2[nH]1. The number of carbonyl (C=O) groups is 1. The fourth-order valence-electron chi connectivity index (χ4n) is 2.32. The van der Waals surface area contributed by atoms with Crippen LogP contribution in [0.4, 0.5) is 0 Å². The Bertz CT molecular complexity index is 764. The maximum Gasteiger partial charge on any atom is 0.224 e. The van der Waals surface area contributed by atoms with E-state index in [9.17, 15) is 4.79 Å². The van der Waals surface area contributed by atoms with Crippen LogP contribution in [-0.4, -0.2) is 22.4 Å². The lowest BCUT2D eigenvalue weighted by Crippen LogP contribution is -2.27. The summed E-state index contributed by atoms with van der Waals surface area (Å²) in [6.45, 7) is 0.545. The van der Waals surface area contributed by atoms with Gasteiger partial charge in [0.25, 0.3) is 0 Å². The highest BCUT2D eigenvalue weighted by atomic mass is 35.5. The molecule has 0 atom stereocenters. The van der Waals surface area contributed by atoms with Gasteiger partial charge in [-0.25, -0.2) is 4.98 Å². The van der Waals surface area contributed by atoms with Gasteiger partial charge >= 0.3 is 0 Å². The molecule has 2 N–H and O–H groups in total. The third-order valence-electron chi connectivity index (χ3n) is 3.43. The Hall–Kier alpha value is -2.33. The highest BCUT2D eigenvalue weighted by Crippen LogP contribution is 2.15. The van der Waals surface area contributed by atoms with E-state index >= 15 is 0 Å². The highest BCUT2D eigenvalue weighted by molar-refractivity contribution is 6.31. The van der Waals surface area contributed by atoms with E-state index in [2.05, 4.69) is 15.3 Å². The zero-order valence-corrected chi connectivity index (χ0v) is 12.7. The summed E-state index contributed by atoms with van der Waals surface area (Å²) in [5, 5.41) is 3.51. The lowest BCUT2D eigenvalue weighted by Gasteiger charge is -2.05. The van der Waals surface area contributed by atoms with Crippen LogP contribution in [0, 0.1) is 0 Å². The number of aromatic amines is 1. The van der Waals surface area contributed by atoms with Crippen molar-refractivity contribution in [1.29, 1.82) is 0 Å². The molecule has 0 bridgehead atoms. The van der Waals surface area contributed by atoms with E-state index in [0.717, 1.165) is 22.4 Å². The quantitative estimate of drug-likeness (QED) is 0.760. The molecule has 0 spiro atoms. The lowest BCUT2D eigenvalue weighted by molar-refractivity contribution is -0.120. The lowest BCUT2D eigenvalue weighted by atomic mass is 10.1. The van der Waals surface area contributed by atoms with Crippen molar-refractivity contribution in [3.8, 4) is 0 Å². The largest absolute Gasteiger partial charge is 0.355 e. The Morgan fingerprint density at radius 2 is 1.91 bits per heavy atom. The van der Waals surface area contributed by atoms with Crippen molar-refractivity contribution < 1.29 is 4.79 Å². The van der Waals surface area contributed by atoms with E-state index in [1.807, 2.05) is 42.5 Å². The molecular weight excluding hydrogens is 298 g/mol. The number of fused-ring (bicyclic) bond motifs is 1. The number of aromatic nitrogens is 2. The van der Waals surface area contributed by atoms with Crippen LogP contribution in [0.5, 0.6) is 0 Å². The molecule has 0 fully saturated rings. The number of hydrogen-bond donors (Lipinski definition) is 2. The zero-order valence-electron chi connectivity index (χ0n) is 12.0. The molecule has 0 radical (unpaired) electrons. The summed E-state index contributed by atoms with van der Waals surface area (Å²) < 4.78 is 0. The van der Waals surface area contributed by atoms with E-state index < -0.39 is 0 Å². The molecule has 3 rings (SSSR count). The van der Waals surface area contributed by atoms with Crippen LogP contribution in [0.3, 0.4) is 0 Å². The molecule has 0 aliphatic heterocycles. The highest BCUT2D eigenvalue weighted by Gasteiger charge is 2.07. The Labute approximate surface area is 133 Å². The molecule has 1 aromatic heterocycles. The number of amides is 1. The molecule has 0 saturated heterocycles.